The van der Waals surface area contributed by atoms with Crippen LogP contribution in [0.25, 0.3) is 0 Å². The van der Waals surface area contributed by atoms with Gasteiger partial charge in [-0.15, -0.1) is 10.2 Å². The van der Waals surface area contributed by atoms with Crippen molar-refractivity contribution in [1.82, 2.24) is 20.1 Å². The number of ether oxygens (including phenoxy) is 4. The molecule has 226 valence electrons. The molecule has 1 aromatic rings. The summed E-state index contributed by atoms with van der Waals surface area (Å²) in [4.78, 5) is 58.0. The third-order valence-corrected chi connectivity index (χ3v) is 4.88. The first-order valence-corrected chi connectivity index (χ1v) is 14.1. The first-order chi connectivity index (χ1) is 17.9. The summed E-state index contributed by atoms with van der Waals surface area (Å²) in [6, 6.07) is -1.48. The Balaban J connectivity index is 3.62. The van der Waals surface area contributed by atoms with Crippen molar-refractivity contribution in [3.63, 3.8) is 0 Å². The molecule has 0 saturated heterocycles. The lowest BCUT2D eigenvalue weighted by atomic mass is 10.1. The van der Waals surface area contributed by atoms with Crippen molar-refractivity contribution in [2.45, 2.75) is 130 Å². The Kier molecular flexibility index (Phi) is 11.5. The van der Waals surface area contributed by atoms with Gasteiger partial charge in [0.05, 0.1) is 5.69 Å². The molecule has 0 radical (unpaired) electrons. The zero-order chi connectivity index (χ0) is 31.3. The minimum atomic E-state index is -1.48. The van der Waals surface area contributed by atoms with Crippen LogP contribution in [0.3, 0.4) is 0 Å². The standard InChI is InChI=1S/C27H44N4O8S/c1-24(2,3)36-19(32)17(31(22(34)38-26(7,8)9)23(35)39-27(10,11)12)15-14-16-18(20(33)37-25(4,5)6)29-30-21(28-16)40-13/h17H,14-15H2,1-13H3/t17-/m0/s1. The molecule has 0 unspecified atom stereocenters. The van der Waals surface area contributed by atoms with E-state index < -0.39 is 52.6 Å². The Morgan fingerprint density at radius 1 is 0.725 bits per heavy atom. The Hall–Kier alpha value is -2.96. The van der Waals surface area contributed by atoms with Gasteiger partial charge in [-0.3, -0.25) is 0 Å². The summed E-state index contributed by atoms with van der Waals surface area (Å²) in [5, 5.41) is 8.23. The number of amides is 2. The van der Waals surface area contributed by atoms with E-state index in [0.717, 1.165) is 0 Å². The minimum Gasteiger partial charge on any atom is -0.458 e. The first-order valence-electron chi connectivity index (χ1n) is 12.9. The van der Waals surface area contributed by atoms with Crippen molar-refractivity contribution in [3.05, 3.63) is 11.4 Å². The smallest absolute Gasteiger partial charge is 0.420 e. The zero-order valence-corrected chi connectivity index (χ0v) is 26.8. The molecule has 0 aliphatic carbocycles. The molecule has 0 aromatic carbocycles. The topological polar surface area (TPSA) is 147 Å². The van der Waals surface area contributed by atoms with Crippen LogP contribution in [-0.4, -0.2) is 78.9 Å². The molecular weight excluding hydrogens is 540 g/mol. The number of nitrogens with zero attached hydrogens (tertiary/aromatic N) is 4. The summed E-state index contributed by atoms with van der Waals surface area (Å²) < 4.78 is 22.0. The van der Waals surface area contributed by atoms with E-state index in [2.05, 4.69) is 15.2 Å². The lowest BCUT2D eigenvalue weighted by Gasteiger charge is -2.33. The zero-order valence-electron chi connectivity index (χ0n) is 26.0. The van der Waals surface area contributed by atoms with Crippen molar-refractivity contribution < 1.29 is 38.1 Å². The summed E-state index contributed by atoms with van der Waals surface area (Å²) in [5.74, 6) is -1.62. The normalized spacial score (nSPS) is 13.2. The number of rotatable bonds is 7. The fourth-order valence-corrected chi connectivity index (χ4v) is 3.36. The van der Waals surface area contributed by atoms with Crippen LogP contribution >= 0.6 is 11.8 Å². The molecule has 0 aliphatic heterocycles. The average Bonchev–Trinajstić information content (AvgIpc) is 2.70. The molecule has 1 rings (SSSR count). The number of hydrogen-bond donors (Lipinski definition) is 0. The summed E-state index contributed by atoms with van der Waals surface area (Å²) in [6.45, 7) is 19.9. The van der Waals surface area contributed by atoms with Crippen molar-refractivity contribution in [3.8, 4) is 0 Å². The third-order valence-electron chi connectivity index (χ3n) is 4.34. The van der Waals surface area contributed by atoms with Crippen LogP contribution in [0.4, 0.5) is 9.59 Å². The van der Waals surface area contributed by atoms with Gasteiger partial charge in [0.25, 0.3) is 0 Å². The van der Waals surface area contributed by atoms with Crippen molar-refractivity contribution in [2.75, 3.05) is 6.26 Å². The quantitative estimate of drug-likeness (QED) is 0.231. The Morgan fingerprint density at radius 2 is 1.18 bits per heavy atom. The predicted molar refractivity (Wildman–Crippen MR) is 149 cm³/mol. The molecule has 12 nitrogen and oxygen atoms in total. The molecule has 1 heterocycles. The largest absolute Gasteiger partial charge is 0.458 e. The van der Waals surface area contributed by atoms with E-state index in [1.54, 1.807) is 89.3 Å². The number of hydrogen-bond acceptors (Lipinski definition) is 12. The fourth-order valence-electron chi connectivity index (χ4n) is 3.03. The molecule has 1 aromatic heterocycles. The van der Waals surface area contributed by atoms with Gasteiger partial charge in [0.2, 0.25) is 5.16 Å². The molecule has 0 aliphatic rings. The van der Waals surface area contributed by atoms with Gasteiger partial charge in [-0.2, -0.15) is 4.90 Å². The Bertz CT molecular complexity index is 1050. The van der Waals surface area contributed by atoms with Crippen LogP contribution in [0.15, 0.2) is 5.16 Å². The molecule has 0 bridgehead atoms. The maximum absolute atomic E-state index is 13.5. The Morgan fingerprint density at radius 3 is 1.57 bits per heavy atom. The highest BCUT2D eigenvalue weighted by Crippen LogP contribution is 2.23. The van der Waals surface area contributed by atoms with Gasteiger partial charge in [0.1, 0.15) is 28.4 Å². The summed E-state index contributed by atoms with van der Waals surface area (Å²) in [5.41, 5.74) is -3.68. The number of aryl methyl sites for hydroxylation is 1. The highest BCUT2D eigenvalue weighted by atomic mass is 32.2. The molecule has 0 spiro atoms. The molecule has 2 amide bonds. The average molecular weight is 585 g/mol. The number of esters is 2. The minimum absolute atomic E-state index is 0.0658. The first kappa shape index (κ1) is 35.1. The number of aromatic nitrogens is 3. The van der Waals surface area contributed by atoms with E-state index in [1.165, 1.54) is 11.8 Å². The fraction of sp³-hybridized carbons (Fsp3) is 0.741. The van der Waals surface area contributed by atoms with Gasteiger partial charge >= 0.3 is 24.1 Å². The van der Waals surface area contributed by atoms with Gasteiger partial charge in [-0.1, -0.05) is 11.8 Å². The maximum atomic E-state index is 13.5. The SMILES string of the molecule is CSc1nnc(C(=O)OC(C)(C)C)c(CC[C@@H](C(=O)OC(C)(C)C)N(C(=O)OC(C)(C)C)C(=O)OC(C)(C)C)n1. The van der Waals surface area contributed by atoms with E-state index in [0.29, 0.717) is 4.90 Å². The maximum Gasteiger partial charge on any atom is 0.420 e. The molecule has 1 atom stereocenters. The molecule has 0 N–H and O–H groups in total. The number of thioether (sulfide) groups is 1. The summed E-state index contributed by atoms with van der Waals surface area (Å²) in [7, 11) is 0. The van der Waals surface area contributed by atoms with Gasteiger partial charge in [0.15, 0.2) is 5.69 Å². The Labute approximate surface area is 241 Å². The highest BCUT2D eigenvalue weighted by Gasteiger charge is 2.42. The van der Waals surface area contributed by atoms with Gasteiger partial charge in [-0.25, -0.2) is 24.2 Å². The number of carbonyl (C=O) groups is 4. The van der Waals surface area contributed by atoms with Crippen LogP contribution in [-0.2, 0) is 30.2 Å². The molecule has 13 heteroatoms. The third kappa shape index (κ3) is 12.5. The van der Waals surface area contributed by atoms with Crippen LogP contribution in [0.1, 0.15) is 106 Å². The molecular formula is C27H44N4O8S. The van der Waals surface area contributed by atoms with Crippen LogP contribution in [0, 0.1) is 0 Å². The molecule has 40 heavy (non-hydrogen) atoms. The van der Waals surface area contributed by atoms with Crippen LogP contribution in [0.5, 0.6) is 0 Å². The van der Waals surface area contributed by atoms with Crippen LogP contribution in [0.2, 0.25) is 0 Å². The second kappa shape index (κ2) is 13.1. The second-order valence-corrected chi connectivity index (χ2v) is 13.8. The predicted octanol–water partition coefficient (Wildman–Crippen LogP) is 5.36. The van der Waals surface area contributed by atoms with E-state index in [1.807, 2.05) is 0 Å². The van der Waals surface area contributed by atoms with E-state index in [9.17, 15) is 19.2 Å². The number of imide groups is 1. The van der Waals surface area contributed by atoms with Crippen molar-refractivity contribution in [1.29, 1.82) is 0 Å². The van der Waals surface area contributed by atoms with Crippen molar-refractivity contribution >= 4 is 35.9 Å². The van der Waals surface area contributed by atoms with Gasteiger partial charge < -0.3 is 18.9 Å². The number of carbonyl (C=O) groups excluding carboxylic acids is 4. The van der Waals surface area contributed by atoms with Crippen LogP contribution < -0.4 is 0 Å². The van der Waals surface area contributed by atoms with Gasteiger partial charge in [-0.05, 0) is 102 Å². The van der Waals surface area contributed by atoms with E-state index in [-0.39, 0.29) is 29.4 Å². The highest BCUT2D eigenvalue weighted by molar-refractivity contribution is 7.98. The van der Waals surface area contributed by atoms with E-state index >= 15 is 0 Å². The van der Waals surface area contributed by atoms with Crippen molar-refractivity contribution in [2.24, 2.45) is 0 Å². The molecule has 0 saturated carbocycles. The molecule has 0 fully saturated rings. The lowest BCUT2D eigenvalue weighted by molar-refractivity contribution is -0.161. The summed E-state index contributed by atoms with van der Waals surface area (Å²) >= 11 is 1.21. The second-order valence-electron chi connectivity index (χ2n) is 13.0. The summed E-state index contributed by atoms with van der Waals surface area (Å²) in [6.07, 6.45) is -0.685. The monoisotopic (exact) mass is 584 g/mol. The lowest BCUT2D eigenvalue weighted by Crippen LogP contribution is -2.53. The van der Waals surface area contributed by atoms with E-state index in [4.69, 9.17) is 18.9 Å². The van der Waals surface area contributed by atoms with Gasteiger partial charge in [0, 0.05) is 0 Å².